The van der Waals surface area contributed by atoms with E-state index in [1.807, 2.05) is 31.7 Å². The normalized spacial score (nSPS) is 26.6. The lowest BCUT2D eigenvalue weighted by Gasteiger charge is -2.43. The molecule has 0 saturated carbocycles. The largest absolute Gasteiger partial charge is 0.362 e. The van der Waals surface area contributed by atoms with Gasteiger partial charge in [-0.2, -0.15) is 0 Å². The van der Waals surface area contributed by atoms with Gasteiger partial charge in [-0.15, -0.1) is 0 Å². The molecule has 29 heavy (non-hydrogen) atoms. The highest BCUT2D eigenvalue weighted by Crippen LogP contribution is 2.47. The summed E-state index contributed by atoms with van der Waals surface area (Å²) >= 11 is 0. The number of hydrogen-bond donors (Lipinski definition) is 1. The van der Waals surface area contributed by atoms with Gasteiger partial charge in [0, 0.05) is 42.4 Å². The van der Waals surface area contributed by atoms with Crippen molar-refractivity contribution < 1.29 is 14.0 Å². The van der Waals surface area contributed by atoms with Gasteiger partial charge in [0.2, 0.25) is 0 Å². The van der Waals surface area contributed by atoms with E-state index in [1.165, 1.54) is 12.1 Å². The predicted octanol–water partition coefficient (Wildman–Crippen LogP) is 4.30. The number of carbonyl (C=O) groups excluding carboxylic acids is 2. The lowest BCUT2D eigenvalue weighted by atomic mass is 9.66. The van der Waals surface area contributed by atoms with Gasteiger partial charge in [0.05, 0.1) is 5.92 Å². The van der Waals surface area contributed by atoms with Gasteiger partial charge in [-0.05, 0) is 49.3 Å². The SMILES string of the molecule is CC1=C(C(=O)N2CCCCC2)C(c2cccc(F)c2)C2C(=O)CC(C)(C)C=C2N1. The number of allylic oxidation sites excluding steroid dienone is 3. The van der Waals surface area contributed by atoms with Crippen LogP contribution < -0.4 is 5.32 Å². The monoisotopic (exact) mass is 396 g/mol. The van der Waals surface area contributed by atoms with Crippen molar-refractivity contribution in [2.45, 2.75) is 52.4 Å². The van der Waals surface area contributed by atoms with Gasteiger partial charge in [-0.25, -0.2) is 4.39 Å². The Bertz CT molecular complexity index is 909. The third-order valence-corrected chi connectivity index (χ3v) is 6.32. The van der Waals surface area contributed by atoms with E-state index in [9.17, 15) is 14.0 Å². The number of Topliss-reactive ketones (excluding diaryl/α,β-unsaturated/α-hetero) is 1. The molecule has 2 heterocycles. The fourth-order valence-corrected chi connectivity index (χ4v) is 5.08. The van der Waals surface area contributed by atoms with Crippen LogP contribution in [-0.2, 0) is 9.59 Å². The molecule has 0 aromatic heterocycles. The lowest BCUT2D eigenvalue weighted by molar-refractivity contribution is -0.129. The first-order valence-electron chi connectivity index (χ1n) is 10.5. The molecular formula is C24H29FN2O2. The number of likely N-dealkylation sites (tertiary alicyclic amines) is 1. The van der Waals surface area contributed by atoms with Gasteiger partial charge < -0.3 is 10.2 Å². The van der Waals surface area contributed by atoms with Crippen molar-refractivity contribution in [1.82, 2.24) is 10.2 Å². The van der Waals surface area contributed by atoms with Crippen LogP contribution in [0.5, 0.6) is 0 Å². The highest BCUT2D eigenvalue weighted by Gasteiger charge is 2.46. The van der Waals surface area contributed by atoms with E-state index in [0.29, 0.717) is 17.6 Å². The van der Waals surface area contributed by atoms with E-state index in [2.05, 4.69) is 11.4 Å². The molecule has 0 bridgehead atoms. The Morgan fingerprint density at radius 1 is 1.17 bits per heavy atom. The Morgan fingerprint density at radius 3 is 2.59 bits per heavy atom. The van der Waals surface area contributed by atoms with Crippen LogP contribution in [0.25, 0.3) is 0 Å². The highest BCUT2D eigenvalue weighted by molar-refractivity contribution is 5.99. The second-order valence-electron chi connectivity index (χ2n) is 9.26. The summed E-state index contributed by atoms with van der Waals surface area (Å²) < 4.78 is 14.1. The van der Waals surface area contributed by atoms with Crippen molar-refractivity contribution in [2.75, 3.05) is 13.1 Å². The average molecular weight is 397 g/mol. The molecular weight excluding hydrogens is 367 g/mol. The summed E-state index contributed by atoms with van der Waals surface area (Å²) in [5.74, 6) is -1.21. The number of benzene rings is 1. The number of hydrogen-bond acceptors (Lipinski definition) is 3. The third kappa shape index (κ3) is 3.75. The third-order valence-electron chi connectivity index (χ3n) is 6.32. The van der Waals surface area contributed by atoms with Gasteiger partial charge in [0.25, 0.3) is 5.91 Å². The molecule has 1 aliphatic carbocycles. The zero-order valence-corrected chi connectivity index (χ0v) is 17.4. The quantitative estimate of drug-likeness (QED) is 0.811. The fourth-order valence-electron chi connectivity index (χ4n) is 5.08. The molecule has 4 nitrogen and oxygen atoms in total. The Morgan fingerprint density at radius 2 is 1.90 bits per heavy atom. The van der Waals surface area contributed by atoms with Crippen molar-refractivity contribution >= 4 is 11.7 Å². The minimum atomic E-state index is -0.475. The zero-order valence-electron chi connectivity index (χ0n) is 17.4. The van der Waals surface area contributed by atoms with Crippen LogP contribution in [0, 0.1) is 17.2 Å². The summed E-state index contributed by atoms with van der Waals surface area (Å²) in [6, 6.07) is 6.36. The molecule has 4 rings (SSSR count). The molecule has 1 fully saturated rings. The molecule has 0 radical (unpaired) electrons. The minimum absolute atomic E-state index is 0.0272. The van der Waals surface area contributed by atoms with Crippen LogP contribution in [0.4, 0.5) is 4.39 Å². The topological polar surface area (TPSA) is 49.4 Å². The minimum Gasteiger partial charge on any atom is -0.362 e. The molecule has 2 atom stereocenters. The Labute approximate surface area is 171 Å². The standard InChI is InChI=1S/C24H29FN2O2/c1-15-20(23(29)27-10-5-4-6-11-27)21(16-8-7-9-17(25)12-16)22-18(26-15)13-24(2,3)14-19(22)28/h7-9,12-13,21-22,26H,4-6,10-11,14H2,1-3H3. The summed E-state index contributed by atoms with van der Waals surface area (Å²) in [4.78, 5) is 28.7. The Hall–Kier alpha value is -2.43. The van der Waals surface area contributed by atoms with E-state index in [-0.39, 0.29) is 22.9 Å². The van der Waals surface area contributed by atoms with Crippen LogP contribution in [0.2, 0.25) is 0 Å². The number of nitrogens with zero attached hydrogens (tertiary/aromatic N) is 1. The summed E-state index contributed by atoms with van der Waals surface area (Å²) in [6.45, 7) is 7.45. The molecule has 2 aliphatic heterocycles. The average Bonchev–Trinajstić information content (AvgIpc) is 2.66. The molecule has 1 aromatic rings. The van der Waals surface area contributed by atoms with E-state index >= 15 is 0 Å². The van der Waals surface area contributed by atoms with Crippen LogP contribution in [0.15, 0.2) is 47.3 Å². The predicted molar refractivity (Wildman–Crippen MR) is 110 cm³/mol. The van der Waals surface area contributed by atoms with E-state index in [4.69, 9.17) is 0 Å². The van der Waals surface area contributed by atoms with Crippen LogP contribution >= 0.6 is 0 Å². The fraction of sp³-hybridized carbons (Fsp3) is 0.500. The van der Waals surface area contributed by atoms with Gasteiger partial charge >= 0.3 is 0 Å². The summed E-state index contributed by atoms with van der Waals surface area (Å²) in [5, 5.41) is 3.37. The smallest absolute Gasteiger partial charge is 0.252 e. The van der Waals surface area contributed by atoms with E-state index in [1.54, 1.807) is 6.07 Å². The number of rotatable bonds is 2. The Balaban J connectivity index is 1.85. The summed E-state index contributed by atoms with van der Waals surface area (Å²) in [5.41, 5.74) is 2.66. The van der Waals surface area contributed by atoms with Gasteiger partial charge in [0.15, 0.2) is 0 Å². The second kappa shape index (κ2) is 7.43. The van der Waals surface area contributed by atoms with E-state index in [0.717, 1.165) is 43.7 Å². The maximum absolute atomic E-state index is 14.1. The van der Waals surface area contributed by atoms with Gasteiger partial charge in [-0.1, -0.05) is 32.1 Å². The molecule has 1 aromatic carbocycles. The molecule has 2 unspecified atom stereocenters. The number of fused-ring (bicyclic) bond motifs is 1. The van der Waals surface area contributed by atoms with Crippen molar-refractivity contribution in [3.05, 3.63) is 58.7 Å². The lowest BCUT2D eigenvalue weighted by Crippen LogP contribution is -2.46. The first kappa shape index (κ1) is 19.9. The highest BCUT2D eigenvalue weighted by atomic mass is 19.1. The maximum atomic E-state index is 14.1. The first-order valence-corrected chi connectivity index (χ1v) is 10.5. The van der Waals surface area contributed by atoms with Crippen molar-refractivity contribution in [3.8, 4) is 0 Å². The van der Waals surface area contributed by atoms with Crippen molar-refractivity contribution in [1.29, 1.82) is 0 Å². The first-order chi connectivity index (χ1) is 13.8. The van der Waals surface area contributed by atoms with E-state index < -0.39 is 11.8 Å². The zero-order chi connectivity index (χ0) is 20.8. The summed E-state index contributed by atoms with van der Waals surface area (Å²) in [7, 11) is 0. The van der Waals surface area contributed by atoms with Crippen LogP contribution in [0.1, 0.15) is 57.9 Å². The number of amides is 1. The number of piperidine rings is 1. The molecule has 0 spiro atoms. The van der Waals surface area contributed by atoms with Crippen LogP contribution in [0.3, 0.4) is 0 Å². The summed E-state index contributed by atoms with van der Waals surface area (Å²) in [6.07, 6.45) is 5.65. The maximum Gasteiger partial charge on any atom is 0.252 e. The molecule has 1 saturated heterocycles. The number of nitrogens with one attached hydrogen (secondary N) is 1. The number of halogens is 1. The molecule has 5 heteroatoms. The van der Waals surface area contributed by atoms with Gasteiger partial charge in [-0.3, -0.25) is 9.59 Å². The molecule has 1 amide bonds. The van der Waals surface area contributed by atoms with Crippen molar-refractivity contribution in [2.24, 2.45) is 11.3 Å². The van der Waals surface area contributed by atoms with Crippen LogP contribution in [-0.4, -0.2) is 29.7 Å². The van der Waals surface area contributed by atoms with Gasteiger partial charge in [0.1, 0.15) is 11.6 Å². The second-order valence-corrected chi connectivity index (χ2v) is 9.26. The number of carbonyl (C=O) groups is 2. The van der Waals surface area contributed by atoms with Crippen molar-refractivity contribution in [3.63, 3.8) is 0 Å². The number of ketones is 1. The molecule has 154 valence electrons. The molecule has 3 aliphatic rings. The molecule has 1 N–H and O–H groups in total. The Kier molecular flexibility index (Phi) is 5.09.